The van der Waals surface area contributed by atoms with E-state index < -0.39 is 0 Å². The maximum absolute atomic E-state index is 13.2. The van der Waals surface area contributed by atoms with Crippen LogP contribution in [0.4, 0.5) is 4.39 Å². The van der Waals surface area contributed by atoms with Gasteiger partial charge in [0.1, 0.15) is 11.6 Å². The lowest BCUT2D eigenvalue weighted by molar-refractivity contribution is 0.268. The molecule has 0 aliphatic rings. The lowest BCUT2D eigenvalue weighted by Crippen LogP contribution is -1.92. The van der Waals surface area contributed by atoms with Gasteiger partial charge in [-0.05, 0) is 31.0 Å². The zero-order valence-electron chi connectivity index (χ0n) is 10.7. The fourth-order valence-corrected chi connectivity index (χ4v) is 2.12. The highest BCUT2D eigenvalue weighted by atomic mass is 19.1. The molecule has 3 nitrogen and oxygen atoms in total. The van der Waals surface area contributed by atoms with Gasteiger partial charge in [-0.3, -0.25) is 0 Å². The smallest absolute Gasteiger partial charge is 0.417 e. The quantitative estimate of drug-likeness (QED) is 0.681. The molecule has 0 bridgehead atoms. The molecule has 1 radical (unpaired) electrons. The van der Waals surface area contributed by atoms with Crippen molar-refractivity contribution in [1.82, 2.24) is 0 Å². The summed E-state index contributed by atoms with van der Waals surface area (Å²) in [7, 11) is 0. The molecular formula is C15H16FO3. The molecule has 0 fully saturated rings. The van der Waals surface area contributed by atoms with E-state index in [1.807, 2.05) is 0 Å². The van der Waals surface area contributed by atoms with Crippen LogP contribution in [0.15, 0.2) is 28.9 Å². The summed E-state index contributed by atoms with van der Waals surface area (Å²) < 4.78 is 23.1. The molecule has 0 aliphatic carbocycles. The Morgan fingerprint density at radius 1 is 1.21 bits per heavy atom. The summed E-state index contributed by atoms with van der Waals surface area (Å²) in [4.78, 5) is 9.81. The van der Waals surface area contributed by atoms with Crippen LogP contribution in [0, 0.1) is 5.82 Å². The van der Waals surface area contributed by atoms with Crippen LogP contribution >= 0.6 is 0 Å². The SMILES string of the molecule is O=[C]OCCCCCCc1occ2ccc(F)cc12. The highest BCUT2D eigenvalue weighted by Crippen LogP contribution is 2.23. The number of ether oxygens (including phenoxy) is 1. The highest BCUT2D eigenvalue weighted by Gasteiger charge is 2.06. The normalized spacial score (nSPS) is 10.8. The standard InChI is InChI=1S/C15H16FO3/c16-13-7-6-12-10-19-15(14(12)9-13)5-3-1-2-4-8-18-11-17/h6-7,9-10H,1-5,8H2. The number of rotatable bonds is 8. The predicted molar refractivity (Wildman–Crippen MR) is 70.0 cm³/mol. The van der Waals surface area contributed by atoms with Crippen LogP contribution in [-0.4, -0.2) is 13.1 Å². The molecule has 1 aromatic heterocycles. The van der Waals surface area contributed by atoms with E-state index in [0.717, 1.165) is 48.6 Å². The van der Waals surface area contributed by atoms with E-state index in [0.29, 0.717) is 6.61 Å². The summed E-state index contributed by atoms with van der Waals surface area (Å²) in [6.07, 6.45) is 6.31. The van der Waals surface area contributed by atoms with Crippen molar-refractivity contribution in [1.29, 1.82) is 0 Å². The van der Waals surface area contributed by atoms with Crippen molar-refractivity contribution in [3.63, 3.8) is 0 Å². The minimum absolute atomic E-state index is 0.239. The summed E-state index contributed by atoms with van der Waals surface area (Å²) in [6.45, 7) is 1.83. The third kappa shape index (κ3) is 3.81. The number of fused-ring (bicyclic) bond motifs is 1. The topological polar surface area (TPSA) is 39.4 Å². The molecular weight excluding hydrogens is 247 g/mol. The van der Waals surface area contributed by atoms with Crippen molar-refractivity contribution in [2.45, 2.75) is 32.1 Å². The Kier molecular flexibility index (Phi) is 4.95. The number of aryl methyl sites for hydroxylation is 1. The number of furan rings is 1. The third-order valence-corrected chi connectivity index (χ3v) is 3.10. The second-order valence-electron chi connectivity index (χ2n) is 4.49. The van der Waals surface area contributed by atoms with Gasteiger partial charge in [-0.15, -0.1) is 0 Å². The zero-order valence-corrected chi connectivity index (χ0v) is 10.7. The molecule has 0 saturated heterocycles. The molecule has 2 rings (SSSR count). The minimum atomic E-state index is -0.239. The van der Waals surface area contributed by atoms with Crippen LogP contribution < -0.4 is 0 Å². The molecule has 0 unspecified atom stereocenters. The van der Waals surface area contributed by atoms with Crippen LogP contribution in [0.3, 0.4) is 0 Å². The molecule has 0 spiro atoms. The van der Waals surface area contributed by atoms with Crippen molar-refractivity contribution >= 4 is 17.2 Å². The minimum Gasteiger partial charge on any atom is -0.468 e. The summed E-state index contributed by atoms with van der Waals surface area (Å²) in [5.74, 6) is 0.601. The molecule has 0 amide bonds. The van der Waals surface area contributed by atoms with Gasteiger partial charge in [0, 0.05) is 17.2 Å². The molecule has 0 atom stereocenters. The summed E-state index contributed by atoms with van der Waals surface area (Å²) in [5.41, 5.74) is 0. The molecule has 1 aromatic carbocycles. The van der Waals surface area contributed by atoms with Gasteiger partial charge in [0.2, 0.25) is 0 Å². The van der Waals surface area contributed by atoms with Gasteiger partial charge in [-0.1, -0.05) is 12.8 Å². The summed E-state index contributed by atoms with van der Waals surface area (Å²) in [5, 5.41) is 1.80. The Morgan fingerprint density at radius 2 is 2.05 bits per heavy atom. The molecule has 0 N–H and O–H groups in total. The third-order valence-electron chi connectivity index (χ3n) is 3.10. The number of halogens is 1. The number of unbranched alkanes of at least 4 members (excludes halogenated alkanes) is 3. The first-order chi connectivity index (χ1) is 9.31. The van der Waals surface area contributed by atoms with Crippen molar-refractivity contribution in [3.8, 4) is 0 Å². The fourth-order valence-electron chi connectivity index (χ4n) is 2.12. The molecule has 1 heterocycles. The first-order valence-corrected chi connectivity index (χ1v) is 6.46. The average Bonchev–Trinajstić information content (AvgIpc) is 2.80. The molecule has 19 heavy (non-hydrogen) atoms. The maximum atomic E-state index is 13.2. The van der Waals surface area contributed by atoms with Crippen LogP contribution in [0.25, 0.3) is 10.8 Å². The molecule has 4 heteroatoms. The highest BCUT2D eigenvalue weighted by molar-refractivity contribution is 5.84. The fraction of sp³-hybridized carbons (Fsp3) is 0.400. The van der Waals surface area contributed by atoms with Crippen molar-refractivity contribution < 1.29 is 18.3 Å². The Morgan fingerprint density at radius 3 is 2.89 bits per heavy atom. The molecule has 2 aromatic rings. The second kappa shape index (κ2) is 6.92. The van der Waals surface area contributed by atoms with Crippen LogP contribution in [0.2, 0.25) is 0 Å². The molecule has 0 aliphatic heterocycles. The number of carbonyl (C=O) groups excluding carboxylic acids is 1. The van der Waals surface area contributed by atoms with E-state index in [2.05, 4.69) is 4.74 Å². The Hall–Kier alpha value is -1.84. The number of hydrogen-bond acceptors (Lipinski definition) is 3. The first-order valence-electron chi connectivity index (χ1n) is 6.46. The van der Waals surface area contributed by atoms with E-state index in [1.165, 1.54) is 18.6 Å². The zero-order chi connectivity index (χ0) is 13.5. The van der Waals surface area contributed by atoms with Crippen LogP contribution in [-0.2, 0) is 16.0 Å². The van der Waals surface area contributed by atoms with Crippen molar-refractivity contribution in [2.75, 3.05) is 6.61 Å². The number of benzene rings is 1. The van der Waals surface area contributed by atoms with Crippen molar-refractivity contribution in [2.24, 2.45) is 0 Å². The second-order valence-corrected chi connectivity index (χ2v) is 4.49. The van der Waals surface area contributed by atoms with Crippen molar-refractivity contribution in [3.05, 3.63) is 36.0 Å². The Bertz CT molecular complexity index is 533. The van der Waals surface area contributed by atoms with Gasteiger partial charge in [-0.25, -0.2) is 9.18 Å². The molecule has 0 saturated carbocycles. The maximum Gasteiger partial charge on any atom is 0.417 e. The van der Waals surface area contributed by atoms with E-state index in [-0.39, 0.29) is 5.82 Å². The van der Waals surface area contributed by atoms with E-state index in [9.17, 15) is 9.18 Å². The summed E-state index contributed by atoms with van der Waals surface area (Å²) in [6, 6.07) is 4.68. The first kappa shape index (κ1) is 13.6. The van der Waals surface area contributed by atoms with Gasteiger partial charge >= 0.3 is 6.47 Å². The molecule has 101 valence electrons. The van der Waals surface area contributed by atoms with Crippen LogP contribution in [0.5, 0.6) is 0 Å². The lowest BCUT2D eigenvalue weighted by atomic mass is 10.1. The number of hydrogen-bond donors (Lipinski definition) is 0. The monoisotopic (exact) mass is 263 g/mol. The van der Waals surface area contributed by atoms with Gasteiger partial charge in [0.15, 0.2) is 0 Å². The summed E-state index contributed by atoms with van der Waals surface area (Å²) >= 11 is 0. The average molecular weight is 263 g/mol. The Balaban J connectivity index is 1.78. The largest absolute Gasteiger partial charge is 0.468 e. The van der Waals surface area contributed by atoms with Crippen LogP contribution in [0.1, 0.15) is 31.4 Å². The van der Waals surface area contributed by atoms with E-state index >= 15 is 0 Å². The van der Waals surface area contributed by atoms with Gasteiger partial charge in [0.05, 0.1) is 12.9 Å². The Labute approximate surface area is 111 Å². The van der Waals surface area contributed by atoms with E-state index in [4.69, 9.17) is 4.42 Å². The van der Waals surface area contributed by atoms with Gasteiger partial charge < -0.3 is 9.15 Å². The van der Waals surface area contributed by atoms with E-state index in [1.54, 1.807) is 12.3 Å². The van der Waals surface area contributed by atoms with Gasteiger partial charge in [-0.2, -0.15) is 0 Å². The lowest BCUT2D eigenvalue weighted by Gasteiger charge is -2.00. The predicted octanol–water partition coefficient (Wildman–Crippen LogP) is 3.76. The van der Waals surface area contributed by atoms with Gasteiger partial charge in [0.25, 0.3) is 0 Å².